The molecule has 0 saturated heterocycles. The second-order valence-electron chi connectivity index (χ2n) is 4.80. The largest absolute Gasteiger partial charge is 0.366 e. The third-order valence-corrected chi connectivity index (χ3v) is 1.74. The van der Waals surface area contributed by atoms with Crippen LogP contribution in [0.5, 0.6) is 0 Å². The molecule has 4 heteroatoms. The van der Waals surface area contributed by atoms with Crippen LogP contribution in [0.15, 0.2) is 0 Å². The Hall–Kier alpha value is -0.900. The van der Waals surface area contributed by atoms with E-state index in [1.807, 2.05) is 20.8 Å². The number of amides is 1. The standard InChI is InChI=1S/C11H21NO3/c1-8(2)9(13)6-12-10(14)7-15-11(3,4)5/h8H,6-7H2,1-5H3,(H,12,14). The van der Waals surface area contributed by atoms with Crippen LogP contribution in [0.4, 0.5) is 0 Å². The molecule has 0 saturated carbocycles. The number of rotatable bonds is 5. The van der Waals surface area contributed by atoms with Crippen LogP contribution < -0.4 is 5.32 Å². The molecule has 0 aromatic rings. The van der Waals surface area contributed by atoms with E-state index in [1.54, 1.807) is 13.8 Å². The molecule has 0 aromatic carbocycles. The number of carbonyl (C=O) groups is 2. The summed E-state index contributed by atoms with van der Waals surface area (Å²) in [7, 11) is 0. The lowest BCUT2D eigenvalue weighted by Gasteiger charge is -2.18. The van der Waals surface area contributed by atoms with Gasteiger partial charge in [0.15, 0.2) is 5.78 Å². The van der Waals surface area contributed by atoms with Gasteiger partial charge >= 0.3 is 0 Å². The van der Waals surface area contributed by atoms with Gasteiger partial charge < -0.3 is 10.1 Å². The molecule has 1 N–H and O–H groups in total. The van der Waals surface area contributed by atoms with Crippen molar-refractivity contribution in [1.82, 2.24) is 5.32 Å². The second-order valence-corrected chi connectivity index (χ2v) is 4.80. The van der Waals surface area contributed by atoms with E-state index < -0.39 is 0 Å². The first-order chi connectivity index (χ1) is 6.72. The van der Waals surface area contributed by atoms with Gasteiger partial charge in [0.25, 0.3) is 0 Å². The number of hydrogen-bond donors (Lipinski definition) is 1. The Morgan fingerprint density at radius 3 is 2.20 bits per heavy atom. The first-order valence-corrected chi connectivity index (χ1v) is 5.16. The minimum absolute atomic E-state index is 0.00508. The normalized spacial score (nSPS) is 11.6. The highest BCUT2D eigenvalue weighted by molar-refractivity contribution is 5.87. The Balaban J connectivity index is 3.72. The van der Waals surface area contributed by atoms with E-state index in [9.17, 15) is 9.59 Å². The summed E-state index contributed by atoms with van der Waals surface area (Å²) < 4.78 is 5.26. The smallest absolute Gasteiger partial charge is 0.246 e. The van der Waals surface area contributed by atoms with Gasteiger partial charge in [0.1, 0.15) is 6.61 Å². The maximum Gasteiger partial charge on any atom is 0.246 e. The summed E-state index contributed by atoms with van der Waals surface area (Å²) in [6, 6.07) is 0. The predicted molar refractivity (Wildman–Crippen MR) is 58.6 cm³/mol. The van der Waals surface area contributed by atoms with Gasteiger partial charge in [-0.3, -0.25) is 9.59 Å². The van der Waals surface area contributed by atoms with E-state index >= 15 is 0 Å². The molecule has 88 valence electrons. The molecule has 4 nitrogen and oxygen atoms in total. The lowest BCUT2D eigenvalue weighted by molar-refractivity contribution is -0.132. The van der Waals surface area contributed by atoms with Crippen molar-refractivity contribution >= 4 is 11.7 Å². The Morgan fingerprint density at radius 1 is 1.27 bits per heavy atom. The molecule has 0 radical (unpaired) electrons. The summed E-state index contributed by atoms with van der Waals surface area (Å²) in [4.78, 5) is 22.4. The van der Waals surface area contributed by atoms with Gasteiger partial charge in [0, 0.05) is 5.92 Å². The summed E-state index contributed by atoms with van der Waals surface area (Å²) in [6.45, 7) is 9.32. The summed E-state index contributed by atoms with van der Waals surface area (Å²) in [5.41, 5.74) is -0.334. The van der Waals surface area contributed by atoms with Crippen molar-refractivity contribution in [3.8, 4) is 0 Å². The number of ether oxygens (including phenoxy) is 1. The van der Waals surface area contributed by atoms with E-state index in [2.05, 4.69) is 5.32 Å². The Labute approximate surface area is 91.4 Å². The minimum Gasteiger partial charge on any atom is -0.366 e. The molecule has 0 atom stereocenters. The molecule has 0 unspecified atom stereocenters. The van der Waals surface area contributed by atoms with Gasteiger partial charge in [-0.15, -0.1) is 0 Å². The quantitative estimate of drug-likeness (QED) is 0.748. The fraction of sp³-hybridized carbons (Fsp3) is 0.818. The summed E-state index contributed by atoms with van der Waals surface area (Å²) >= 11 is 0. The Kier molecular flexibility index (Phi) is 5.50. The van der Waals surface area contributed by atoms with Crippen molar-refractivity contribution in [3.05, 3.63) is 0 Å². The monoisotopic (exact) mass is 215 g/mol. The second kappa shape index (κ2) is 5.85. The minimum atomic E-state index is -0.334. The van der Waals surface area contributed by atoms with Crippen molar-refractivity contribution in [2.45, 2.75) is 40.2 Å². The predicted octanol–water partition coefficient (Wildman–Crippen LogP) is 1.14. The van der Waals surface area contributed by atoms with Gasteiger partial charge in [-0.05, 0) is 20.8 Å². The van der Waals surface area contributed by atoms with Crippen molar-refractivity contribution in [1.29, 1.82) is 0 Å². The van der Waals surface area contributed by atoms with Crippen LogP contribution in [0.2, 0.25) is 0 Å². The topological polar surface area (TPSA) is 55.4 Å². The molecule has 0 spiro atoms. The van der Waals surface area contributed by atoms with Crippen molar-refractivity contribution < 1.29 is 14.3 Å². The zero-order chi connectivity index (χ0) is 12.1. The van der Waals surface area contributed by atoms with E-state index in [1.165, 1.54) is 0 Å². The molecule has 0 aliphatic rings. The molecule has 15 heavy (non-hydrogen) atoms. The maximum absolute atomic E-state index is 11.2. The van der Waals surface area contributed by atoms with Gasteiger partial charge in [-0.2, -0.15) is 0 Å². The molecule has 0 rings (SSSR count). The molecule has 0 aliphatic heterocycles. The highest BCUT2D eigenvalue weighted by atomic mass is 16.5. The van der Waals surface area contributed by atoms with Crippen molar-refractivity contribution in [3.63, 3.8) is 0 Å². The van der Waals surface area contributed by atoms with Gasteiger partial charge in [-0.1, -0.05) is 13.8 Å². The molecular weight excluding hydrogens is 194 g/mol. The molecule has 0 heterocycles. The zero-order valence-electron chi connectivity index (χ0n) is 10.2. The van der Waals surface area contributed by atoms with Crippen LogP contribution >= 0.6 is 0 Å². The third kappa shape index (κ3) is 8.12. The molecular formula is C11H21NO3. The molecule has 0 fully saturated rings. The number of carbonyl (C=O) groups excluding carboxylic acids is 2. The number of Topliss-reactive ketones (excluding diaryl/α,β-unsaturated/α-hetero) is 1. The highest BCUT2D eigenvalue weighted by Crippen LogP contribution is 2.05. The summed E-state index contributed by atoms with van der Waals surface area (Å²) in [6.07, 6.45) is 0. The number of nitrogens with one attached hydrogen (secondary N) is 1. The molecule has 0 aliphatic carbocycles. The third-order valence-electron chi connectivity index (χ3n) is 1.74. The van der Waals surface area contributed by atoms with Crippen LogP contribution in [-0.4, -0.2) is 30.4 Å². The van der Waals surface area contributed by atoms with Crippen LogP contribution in [0.3, 0.4) is 0 Å². The highest BCUT2D eigenvalue weighted by Gasteiger charge is 2.14. The Bertz CT molecular complexity index is 228. The van der Waals surface area contributed by atoms with Gasteiger partial charge in [-0.25, -0.2) is 0 Å². The maximum atomic E-state index is 11.2. The molecule has 1 amide bonds. The van der Waals surface area contributed by atoms with Crippen molar-refractivity contribution in [2.75, 3.05) is 13.2 Å². The average Bonchev–Trinajstić information content (AvgIpc) is 2.09. The SMILES string of the molecule is CC(C)C(=O)CNC(=O)COC(C)(C)C. The Morgan fingerprint density at radius 2 is 1.80 bits per heavy atom. The van der Waals surface area contributed by atoms with E-state index in [0.29, 0.717) is 0 Å². The fourth-order valence-electron chi connectivity index (χ4n) is 0.723. The van der Waals surface area contributed by atoms with Crippen molar-refractivity contribution in [2.24, 2.45) is 5.92 Å². The zero-order valence-corrected chi connectivity index (χ0v) is 10.2. The summed E-state index contributed by atoms with van der Waals surface area (Å²) in [5, 5.41) is 2.52. The number of ketones is 1. The first kappa shape index (κ1) is 14.1. The van der Waals surface area contributed by atoms with Crippen LogP contribution in [0.25, 0.3) is 0 Å². The fourth-order valence-corrected chi connectivity index (χ4v) is 0.723. The molecule has 0 aromatic heterocycles. The van der Waals surface area contributed by atoms with Gasteiger partial charge in [0.2, 0.25) is 5.91 Å². The lowest BCUT2D eigenvalue weighted by Crippen LogP contribution is -2.36. The number of hydrogen-bond acceptors (Lipinski definition) is 3. The van der Waals surface area contributed by atoms with Crippen LogP contribution in [0, 0.1) is 5.92 Å². The first-order valence-electron chi connectivity index (χ1n) is 5.16. The summed E-state index contributed by atoms with van der Waals surface area (Å²) in [5.74, 6) is -0.271. The van der Waals surface area contributed by atoms with E-state index in [0.717, 1.165) is 0 Å². The van der Waals surface area contributed by atoms with Crippen LogP contribution in [-0.2, 0) is 14.3 Å². The van der Waals surface area contributed by atoms with Gasteiger partial charge in [0.05, 0.1) is 12.1 Å². The average molecular weight is 215 g/mol. The lowest BCUT2D eigenvalue weighted by atomic mass is 10.1. The van der Waals surface area contributed by atoms with E-state index in [-0.39, 0.29) is 36.4 Å². The molecule has 0 bridgehead atoms. The van der Waals surface area contributed by atoms with Crippen LogP contribution in [0.1, 0.15) is 34.6 Å². The van der Waals surface area contributed by atoms with E-state index in [4.69, 9.17) is 4.74 Å².